The number of carbonyl (C=O) groups is 1. The highest BCUT2D eigenvalue weighted by atomic mass is 19.1. The van der Waals surface area contributed by atoms with Crippen LogP contribution in [0.1, 0.15) is 35.3 Å². The minimum atomic E-state index is -0.595. The number of aromatic nitrogens is 1. The number of nitrogens with zero attached hydrogens (tertiary/aromatic N) is 2. The van der Waals surface area contributed by atoms with E-state index in [9.17, 15) is 14.3 Å². The summed E-state index contributed by atoms with van der Waals surface area (Å²) in [7, 11) is 1.75. The zero-order valence-electron chi connectivity index (χ0n) is 16.4. The number of aryl methyl sites for hydroxylation is 1. The van der Waals surface area contributed by atoms with Gasteiger partial charge in [-0.3, -0.25) is 9.69 Å². The highest BCUT2D eigenvalue weighted by molar-refractivity contribution is 6.00. The molecule has 7 heteroatoms. The molecule has 2 aliphatic rings. The third-order valence-corrected chi connectivity index (χ3v) is 6.35. The van der Waals surface area contributed by atoms with Crippen molar-refractivity contribution in [2.75, 3.05) is 33.4 Å². The quantitative estimate of drug-likeness (QED) is 0.845. The van der Waals surface area contributed by atoms with Crippen LogP contribution in [0.5, 0.6) is 0 Å². The second kappa shape index (κ2) is 7.81. The molecule has 0 radical (unpaired) electrons. The number of hydrogen-bond donors (Lipinski definition) is 2. The third-order valence-electron chi connectivity index (χ3n) is 6.35. The molecule has 1 aliphatic heterocycles. The van der Waals surface area contributed by atoms with Crippen LogP contribution in [-0.4, -0.2) is 77.3 Å². The summed E-state index contributed by atoms with van der Waals surface area (Å²) in [5.41, 5.74) is 1.94. The number of aliphatic hydroxyl groups is 1. The molecule has 0 spiro atoms. The molecule has 28 heavy (non-hydrogen) atoms. The number of halogens is 1. The van der Waals surface area contributed by atoms with Crippen molar-refractivity contribution in [1.82, 2.24) is 14.8 Å². The maximum Gasteiger partial charge on any atom is 0.270 e. The first-order valence-corrected chi connectivity index (χ1v) is 10.0. The van der Waals surface area contributed by atoms with Crippen molar-refractivity contribution in [1.29, 1.82) is 0 Å². The van der Waals surface area contributed by atoms with Crippen molar-refractivity contribution in [3.63, 3.8) is 0 Å². The topological polar surface area (TPSA) is 68.8 Å². The number of ether oxygens (including phenoxy) is 1. The predicted octanol–water partition coefficient (Wildman–Crippen LogP) is 2.30. The van der Waals surface area contributed by atoms with Gasteiger partial charge in [0.25, 0.3) is 5.91 Å². The van der Waals surface area contributed by atoms with Crippen LogP contribution in [0.2, 0.25) is 0 Å². The van der Waals surface area contributed by atoms with Gasteiger partial charge in [-0.2, -0.15) is 0 Å². The lowest BCUT2D eigenvalue weighted by atomic mass is 9.86. The Morgan fingerprint density at radius 3 is 2.82 bits per heavy atom. The summed E-state index contributed by atoms with van der Waals surface area (Å²) >= 11 is 0. The molecule has 2 aromatic rings. The summed E-state index contributed by atoms with van der Waals surface area (Å²) in [5.74, 6) is -0.487. The molecule has 1 aromatic heterocycles. The van der Waals surface area contributed by atoms with Gasteiger partial charge in [-0.25, -0.2) is 4.39 Å². The van der Waals surface area contributed by atoms with Crippen LogP contribution in [0.25, 0.3) is 10.9 Å². The number of aliphatic hydroxyl groups excluding tert-OH is 1. The Bertz CT molecular complexity index is 862. The number of morpholine rings is 1. The highest BCUT2D eigenvalue weighted by Gasteiger charge is 2.39. The first-order chi connectivity index (χ1) is 13.5. The SMILES string of the molecule is Cc1c(C(=O)N(C)[C@@H]2CCC[C@@H](N3CCOCC3)[C@@H]2O)[nH]c2ccc(F)cc12. The number of rotatable bonds is 3. The maximum atomic E-state index is 13.6. The fraction of sp³-hybridized carbons (Fsp3) is 0.571. The minimum Gasteiger partial charge on any atom is -0.389 e. The highest BCUT2D eigenvalue weighted by Crippen LogP contribution is 2.29. The number of H-pyrrole nitrogens is 1. The van der Waals surface area contributed by atoms with Crippen molar-refractivity contribution in [2.45, 2.75) is 44.4 Å². The van der Waals surface area contributed by atoms with Crippen LogP contribution in [-0.2, 0) is 4.74 Å². The number of benzene rings is 1. The fourth-order valence-corrected chi connectivity index (χ4v) is 4.70. The van der Waals surface area contributed by atoms with Crippen molar-refractivity contribution in [3.05, 3.63) is 35.3 Å². The Balaban J connectivity index is 1.55. The van der Waals surface area contributed by atoms with E-state index in [4.69, 9.17) is 4.74 Å². The lowest BCUT2D eigenvalue weighted by molar-refractivity contribution is -0.0614. The molecule has 1 aromatic carbocycles. The Morgan fingerprint density at radius 2 is 2.07 bits per heavy atom. The molecule has 1 saturated carbocycles. The molecule has 152 valence electrons. The van der Waals surface area contributed by atoms with Crippen LogP contribution < -0.4 is 0 Å². The van der Waals surface area contributed by atoms with Gasteiger partial charge in [-0.15, -0.1) is 0 Å². The summed E-state index contributed by atoms with van der Waals surface area (Å²) in [5, 5.41) is 11.8. The number of nitrogens with one attached hydrogen (secondary N) is 1. The van der Waals surface area contributed by atoms with Gasteiger partial charge in [-0.1, -0.05) is 0 Å². The van der Waals surface area contributed by atoms with Crippen molar-refractivity contribution < 1.29 is 19.0 Å². The maximum absolute atomic E-state index is 13.6. The van der Waals surface area contributed by atoms with Gasteiger partial charge >= 0.3 is 0 Å². The van der Waals surface area contributed by atoms with Crippen LogP contribution in [0.15, 0.2) is 18.2 Å². The van der Waals surface area contributed by atoms with E-state index in [1.165, 1.54) is 12.1 Å². The zero-order valence-corrected chi connectivity index (χ0v) is 16.4. The predicted molar refractivity (Wildman–Crippen MR) is 105 cm³/mol. The average molecular weight is 389 g/mol. The number of amides is 1. The van der Waals surface area contributed by atoms with Gasteiger partial charge in [0.2, 0.25) is 0 Å². The molecule has 2 heterocycles. The zero-order chi connectivity index (χ0) is 19.8. The number of fused-ring (bicyclic) bond motifs is 1. The van der Waals surface area contributed by atoms with Gasteiger partial charge in [0.1, 0.15) is 11.5 Å². The fourth-order valence-electron chi connectivity index (χ4n) is 4.70. The van der Waals surface area contributed by atoms with Gasteiger partial charge < -0.3 is 19.7 Å². The average Bonchev–Trinajstić information content (AvgIpc) is 3.04. The summed E-state index contributed by atoms with van der Waals surface area (Å²) in [4.78, 5) is 20.3. The summed E-state index contributed by atoms with van der Waals surface area (Å²) in [6, 6.07) is 4.29. The number of hydrogen-bond acceptors (Lipinski definition) is 4. The van der Waals surface area contributed by atoms with Crippen LogP contribution in [0, 0.1) is 12.7 Å². The Kier molecular flexibility index (Phi) is 5.40. The van der Waals surface area contributed by atoms with Crippen LogP contribution in [0.4, 0.5) is 4.39 Å². The third kappa shape index (κ3) is 3.43. The summed E-state index contributed by atoms with van der Waals surface area (Å²) in [6.07, 6.45) is 2.09. The van der Waals surface area contributed by atoms with E-state index in [0.29, 0.717) is 24.3 Å². The number of aromatic amines is 1. The molecule has 0 bridgehead atoms. The second-order valence-corrected chi connectivity index (χ2v) is 7.94. The largest absolute Gasteiger partial charge is 0.389 e. The van der Waals surface area contributed by atoms with Gasteiger partial charge in [0, 0.05) is 37.1 Å². The van der Waals surface area contributed by atoms with E-state index in [2.05, 4.69) is 9.88 Å². The molecule has 3 atom stereocenters. The van der Waals surface area contributed by atoms with Crippen molar-refractivity contribution >= 4 is 16.8 Å². The van der Waals surface area contributed by atoms with E-state index in [1.54, 1.807) is 18.0 Å². The van der Waals surface area contributed by atoms with Gasteiger partial charge in [0.05, 0.1) is 25.4 Å². The molecule has 0 unspecified atom stereocenters. The van der Waals surface area contributed by atoms with Gasteiger partial charge in [-0.05, 0) is 49.9 Å². The molecule has 6 nitrogen and oxygen atoms in total. The second-order valence-electron chi connectivity index (χ2n) is 7.94. The van der Waals surface area contributed by atoms with E-state index in [1.807, 2.05) is 6.92 Å². The van der Waals surface area contributed by atoms with Crippen molar-refractivity contribution in [3.8, 4) is 0 Å². The summed E-state index contributed by atoms with van der Waals surface area (Å²) in [6.45, 7) is 4.84. The van der Waals surface area contributed by atoms with Crippen LogP contribution in [0.3, 0.4) is 0 Å². The van der Waals surface area contributed by atoms with Gasteiger partial charge in [0.15, 0.2) is 0 Å². The van der Waals surface area contributed by atoms with Crippen LogP contribution >= 0.6 is 0 Å². The lowest BCUT2D eigenvalue weighted by Gasteiger charge is -2.45. The lowest BCUT2D eigenvalue weighted by Crippen LogP contribution is -2.58. The molecule has 2 N–H and O–H groups in total. The number of likely N-dealkylation sites (N-methyl/N-ethyl adjacent to an activating group) is 1. The molecular weight excluding hydrogens is 361 g/mol. The van der Waals surface area contributed by atoms with E-state index < -0.39 is 6.10 Å². The van der Waals surface area contributed by atoms with E-state index in [0.717, 1.165) is 43.4 Å². The Hall–Kier alpha value is -1.96. The Labute approximate surface area is 164 Å². The molecule has 1 saturated heterocycles. The van der Waals surface area contributed by atoms with Crippen molar-refractivity contribution in [2.24, 2.45) is 0 Å². The first kappa shape index (κ1) is 19.4. The van der Waals surface area contributed by atoms with E-state index in [-0.39, 0.29) is 23.8 Å². The number of carbonyl (C=O) groups excluding carboxylic acids is 1. The molecule has 2 fully saturated rings. The molecule has 1 amide bonds. The molecule has 4 rings (SSSR count). The van der Waals surface area contributed by atoms with E-state index >= 15 is 0 Å². The first-order valence-electron chi connectivity index (χ1n) is 10.0. The minimum absolute atomic E-state index is 0.0517. The Morgan fingerprint density at radius 1 is 1.32 bits per heavy atom. The monoisotopic (exact) mass is 389 g/mol. The normalized spacial score (nSPS) is 26.5. The molecular formula is C21H28FN3O3. The molecule has 1 aliphatic carbocycles. The standard InChI is InChI=1S/C21H28FN3O3/c1-13-15-12-14(22)6-7-16(15)23-19(13)21(27)24(2)17-4-3-5-18(20(17)26)25-8-10-28-11-9-25/h6-7,12,17-18,20,23,26H,3-5,8-11H2,1-2H3/t17-,18-,20-/m1/s1. The summed E-state index contributed by atoms with van der Waals surface area (Å²) < 4.78 is 19.0. The smallest absolute Gasteiger partial charge is 0.270 e.